The maximum atomic E-state index is 14.8. The monoisotopic (exact) mass is 727 g/mol. The molecule has 1 heterocycles. The van der Waals surface area contributed by atoms with Crippen LogP contribution in [0.25, 0.3) is 10.2 Å². The summed E-state index contributed by atoms with van der Waals surface area (Å²) in [6.07, 6.45) is -8.52. The number of anilines is 1. The number of carbonyl (C=O) groups excluding carboxylic acids is 2. The van der Waals surface area contributed by atoms with Gasteiger partial charge in [0.2, 0.25) is 15.9 Å². The van der Waals surface area contributed by atoms with Crippen LogP contribution in [0.4, 0.5) is 10.5 Å². The first kappa shape index (κ1) is 23.0. The number of aliphatic hydroxyl groups is 1. The van der Waals surface area contributed by atoms with Crippen LogP contribution in [0.1, 0.15) is 60.5 Å². The smallest absolute Gasteiger partial charge is 0.407 e. The van der Waals surface area contributed by atoms with Crippen LogP contribution in [0.5, 0.6) is 0 Å². The Morgan fingerprint density at radius 2 is 1.66 bits per heavy atom. The number of sulfonamides is 1. The molecule has 12 heteroatoms. The summed E-state index contributed by atoms with van der Waals surface area (Å²) in [4.78, 5) is 30.4. The van der Waals surface area contributed by atoms with Crippen LogP contribution in [-0.2, 0) is 25.9 Å². The normalized spacial score (nSPS) is 18.4. The number of para-hydroxylation sites is 1. The van der Waals surface area contributed by atoms with E-state index in [1.165, 1.54) is 23.7 Å². The molecule has 0 aliphatic carbocycles. The van der Waals surface area contributed by atoms with Gasteiger partial charge in [-0.05, 0) is 59.6 Å². The molecule has 5 rings (SSSR count). The highest BCUT2D eigenvalue weighted by atomic mass is 32.2. The minimum atomic E-state index is -5.76. The highest BCUT2D eigenvalue weighted by Gasteiger charge is 2.34. The largest absolute Gasteiger partial charge is 0.453 e. The van der Waals surface area contributed by atoms with Crippen LogP contribution in [-0.4, -0.2) is 67.1 Å². The maximum Gasteiger partial charge on any atom is 0.407 e. The number of nitrogens with zero attached hydrogens (tertiary/aromatic N) is 2. The van der Waals surface area contributed by atoms with Crippen LogP contribution in [0.3, 0.4) is 0 Å². The van der Waals surface area contributed by atoms with Gasteiger partial charge < -0.3 is 20.5 Å². The van der Waals surface area contributed by atoms with E-state index < -0.39 is 106 Å². The van der Waals surface area contributed by atoms with Crippen molar-refractivity contribution in [2.24, 2.45) is 5.89 Å². The van der Waals surface area contributed by atoms with Gasteiger partial charge >= 0.3 is 6.09 Å². The molecule has 0 aliphatic rings. The van der Waals surface area contributed by atoms with E-state index in [0.29, 0.717) is 11.1 Å². The fourth-order valence-corrected chi connectivity index (χ4v) is 7.35. The topological polar surface area (TPSA) is 138 Å². The van der Waals surface area contributed by atoms with Crippen LogP contribution in [0, 0.1) is 5.89 Å². The van der Waals surface area contributed by atoms with E-state index in [2.05, 4.69) is 15.6 Å². The zero-order valence-electron chi connectivity index (χ0n) is 39.5. The minimum Gasteiger partial charge on any atom is -0.453 e. The number of alkyl carbamates (subject to hydrolysis) is 1. The highest BCUT2D eigenvalue weighted by molar-refractivity contribution is 7.89. The number of fused-ring (bicyclic) bond motifs is 1. The second kappa shape index (κ2) is 16.9. The van der Waals surface area contributed by atoms with Gasteiger partial charge in [0.15, 0.2) is 0 Å². The van der Waals surface area contributed by atoms with Crippen molar-refractivity contribution in [2.45, 2.75) is 49.3 Å². The number of aromatic nitrogens is 1. The Balaban J connectivity index is 1.69. The molecule has 4 aromatic carbocycles. The Morgan fingerprint density at radius 3 is 2.30 bits per heavy atom. The van der Waals surface area contributed by atoms with Gasteiger partial charge in [0.25, 0.3) is 0 Å². The molecule has 3 N–H and O–H groups in total. The first-order valence-corrected chi connectivity index (χ1v) is 17.4. The summed E-state index contributed by atoms with van der Waals surface area (Å²) in [6, 6.07) is 20.3. The lowest BCUT2D eigenvalue weighted by molar-refractivity contribution is -0.118. The Bertz CT molecular complexity index is 2470. The van der Waals surface area contributed by atoms with Crippen LogP contribution < -0.4 is 10.6 Å². The third kappa shape index (κ3) is 8.75. The number of carbonyl (C=O) groups is 2. The molecule has 10 nitrogen and oxygen atoms in total. The molecule has 2 amide bonds. The SMILES string of the molecule is [2H]C([2H])([2H])C([2H])(C([2H])([2H])[2H])C([2H])([2H])N([C@H](CO)C([2H])([2H])C([2H])([2H])c1ccccc1NC(=O)[C@@H](NC(=O)OC)C(c1ccccc1)c1ccccc1)S(=O)(=O)c1ccc2ncsc2c1. The number of hydrogen-bond donors (Lipinski definition) is 3. The number of aliphatic hydroxyl groups excluding tert-OH is 1. The second-order valence-corrected chi connectivity index (χ2v) is 13.4. The van der Waals surface area contributed by atoms with Crippen molar-refractivity contribution >= 4 is 49.3 Å². The van der Waals surface area contributed by atoms with E-state index in [4.69, 9.17) is 17.1 Å². The van der Waals surface area contributed by atoms with Crippen molar-refractivity contribution in [3.8, 4) is 0 Å². The number of thiazole rings is 1. The molecule has 0 spiro atoms. The van der Waals surface area contributed by atoms with Crippen molar-refractivity contribution < 1.29 is 45.7 Å². The molecule has 0 radical (unpaired) electrons. The van der Waals surface area contributed by atoms with Crippen molar-refractivity contribution in [1.82, 2.24) is 14.6 Å². The van der Waals surface area contributed by atoms with Gasteiger partial charge in [0.1, 0.15) is 6.04 Å². The Kier molecular flexibility index (Phi) is 7.75. The molecule has 0 unspecified atom stereocenters. The van der Waals surface area contributed by atoms with E-state index in [-0.39, 0.29) is 10.2 Å². The van der Waals surface area contributed by atoms with Crippen LogP contribution >= 0.6 is 11.3 Å². The summed E-state index contributed by atoms with van der Waals surface area (Å²) in [5.41, 5.74) is 1.54. The summed E-state index contributed by atoms with van der Waals surface area (Å²) in [5, 5.41) is 16.0. The standard InChI is InChI=1S/C38H42N4O6S2/c1-26(2)23-42(50(46,47)31-20-21-33-34(22-31)49-25-39-33)30(24-43)19-18-27-12-10-11-17-32(27)40-37(44)36(41-38(45)48-3)35(28-13-6-4-7-14-28)29-15-8-5-9-16-29/h4-17,20-22,25-26,30,35-36,43H,18-19,23-24H2,1-3H3,(H,40,44)(H,41,45)/t30-,36-/m0/s1/i1D3,2D3,18D2,19D2,23D2,26D. The summed E-state index contributed by atoms with van der Waals surface area (Å²) < 4.78 is 146. The highest BCUT2D eigenvalue weighted by Crippen LogP contribution is 2.31. The van der Waals surface area contributed by atoms with Crippen LogP contribution in [0.15, 0.2) is 114 Å². The average Bonchev–Trinajstić information content (AvgIpc) is 3.70. The van der Waals surface area contributed by atoms with Gasteiger partial charge in [-0.3, -0.25) is 4.79 Å². The van der Waals surface area contributed by atoms with E-state index >= 15 is 0 Å². The summed E-state index contributed by atoms with van der Waals surface area (Å²) in [5.74, 6) is -6.28. The maximum absolute atomic E-state index is 14.8. The molecule has 0 saturated carbocycles. The molecule has 5 aromatic rings. The van der Waals surface area contributed by atoms with Crippen LogP contribution in [0.2, 0.25) is 0 Å². The zero-order chi connectivity index (χ0) is 47.0. The molecular formula is C38H42N4O6S2. The summed E-state index contributed by atoms with van der Waals surface area (Å²) in [6.45, 7) is -14.6. The van der Waals surface area contributed by atoms with Crippen molar-refractivity contribution in [3.63, 3.8) is 0 Å². The molecule has 0 saturated heterocycles. The first-order chi connectivity index (χ1) is 29.2. The number of hydrogen-bond acceptors (Lipinski definition) is 8. The molecule has 0 bridgehead atoms. The quantitative estimate of drug-likeness (QED) is 0.113. The number of rotatable bonds is 15. The fourth-order valence-electron chi connectivity index (χ4n) is 5.16. The fraction of sp³-hybridized carbons (Fsp3) is 0.289. The molecule has 50 heavy (non-hydrogen) atoms. The van der Waals surface area contributed by atoms with E-state index in [9.17, 15) is 28.6 Å². The third-order valence-corrected chi connectivity index (χ3v) is 9.99. The molecular weight excluding hydrogens is 673 g/mol. The predicted molar refractivity (Wildman–Crippen MR) is 197 cm³/mol. The number of nitrogens with one attached hydrogen (secondary N) is 2. The van der Waals surface area contributed by atoms with E-state index in [0.717, 1.165) is 42.7 Å². The van der Waals surface area contributed by atoms with Gasteiger partial charge in [-0.25, -0.2) is 18.2 Å². The van der Waals surface area contributed by atoms with Gasteiger partial charge in [-0.1, -0.05) is 92.6 Å². The predicted octanol–water partition coefficient (Wildman–Crippen LogP) is 6.43. The minimum absolute atomic E-state index is 0.186. The number of benzene rings is 4. The number of ether oxygens (including phenoxy) is 1. The summed E-state index contributed by atoms with van der Waals surface area (Å²) >= 11 is 0.931. The van der Waals surface area contributed by atoms with Crippen molar-refractivity contribution in [2.75, 3.05) is 25.5 Å². The number of amides is 2. The van der Waals surface area contributed by atoms with Gasteiger partial charge in [0.05, 0.1) is 34.3 Å². The number of methoxy groups -OCH3 is 1. The van der Waals surface area contributed by atoms with Gasteiger partial charge in [-0.15, -0.1) is 11.3 Å². The Labute approximate surface area is 315 Å². The lowest BCUT2D eigenvalue weighted by Crippen LogP contribution is -2.48. The lowest BCUT2D eigenvalue weighted by atomic mass is 9.84. The Morgan fingerprint density at radius 1 is 1.00 bits per heavy atom. The second-order valence-electron chi connectivity index (χ2n) is 10.7. The average molecular weight is 728 g/mol. The van der Waals surface area contributed by atoms with E-state index in [1.54, 1.807) is 60.7 Å². The first-order valence-electron chi connectivity index (χ1n) is 21.5. The summed E-state index contributed by atoms with van der Waals surface area (Å²) in [7, 11) is -4.69. The van der Waals surface area contributed by atoms with Gasteiger partial charge in [0, 0.05) is 42.0 Å². The molecule has 0 fully saturated rings. The number of aryl methyl sites for hydroxylation is 1. The van der Waals surface area contributed by atoms with E-state index in [1.807, 2.05) is 0 Å². The molecule has 0 aliphatic heterocycles. The molecule has 1 aromatic heterocycles. The zero-order valence-corrected chi connectivity index (χ0v) is 28.2. The van der Waals surface area contributed by atoms with Crippen molar-refractivity contribution in [3.05, 3.63) is 125 Å². The third-order valence-electron chi connectivity index (χ3n) is 7.49. The van der Waals surface area contributed by atoms with Gasteiger partial charge in [-0.2, -0.15) is 4.31 Å². The lowest BCUT2D eigenvalue weighted by Gasteiger charge is -2.31. The molecule has 262 valence electrons. The Hall–Kier alpha value is -4.62. The van der Waals surface area contributed by atoms with Crippen molar-refractivity contribution in [1.29, 1.82) is 0 Å². The molecule has 2 atom stereocenters.